The maximum atomic E-state index is 10.5. The molecule has 0 bridgehead atoms. The molecule has 0 amide bonds. The van der Waals surface area contributed by atoms with Crippen molar-refractivity contribution < 1.29 is 19.1 Å². The van der Waals surface area contributed by atoms with Crippen LogP contribution in [0, 0.1) is 10.1 Å². The summed E-state index contributed by atoms with van der Waals surface area (Å²) in [6.07, 6.45) is 3.08. The highest BCUT2D eigenvalue weighted by molar-refractivity contribution is 5.55. The van der Waals surface area contributed by atoms with E-state index in [0.717, 1.165) is 18.2 Å². The van der Waals surface area contributed by atoms with Gasteiger partial charge in [0.2, 0.25) is 6.20 Å². The molecule has 2 rings (SSSR count). The summed E-state index contributed by atoms with van der Waals surface area (Å²) in [6.45, 7) is 1.50. The summed E-state index contributed by atoms with van der Waals surface area (Å²) in [5.41, 5.74) is 1.70. The van der Waals surface area contributed by atoms with Gasteiger partial charge in [-0.3, -0.25) is 10.1 Å². The van der Waals surface area contributed by atoms with Gasteiger partial charge in [-0.1, -0.05) is 36.4 Å². The van der Waals surface area contributed by atoms with E-state index in [1.54, 1.807) is 25.3 Å². The zero-order chi connectivity index (χ0) is 17.9. The zero-order valence-corrected chi connectivity index (χ0v) is 14.1. The molecule has 0 saturated heterocycles. The number of nitro groups is 1. The van der Waals surface area contributed by atoms with Crippen molar-refractivity contribution >= 4 is 6.08 Å². The van der Waals surface area contributed by atoms with E-state index in [4.69, 9.17) is 14.2 Å². The maximum absolute atomic E-state index is 10.5. The van der Waals surface area contributed by atoms with E-state index in [2.05, 4.69) is 0 Å². The van der Waals surface area contributed by atoms with Crippen molar-refractivity contribution in [2.75, 3.05) is 20.3 Å². The molecule has 0 N–H and O–H groups in total. The Balaban J connectivity index is 2.11. The van der Waals surface area contributed by atoms with Crippen LogP contribution in [-0.2, 0) is 11.3 Å². The van der Waals surface area contributed by atoms with Crippen molar-refractivity contribution in [3.8, 4) is 11.5 Å². The van der Waals surface area contributed by atoms with Crippen LogP contribution in [-0.4, -0.2) is 25.2 Å². The van der Waals surface area contributed by atoms with Crippen LogP contribution in [0.1, 0.15) is 17.5 Å². The monoisotopic (exact) mass is 343 g/mol. The molecule has 0 aliphatic carbocycles. The molecule has 0 fully saturated rings. The molecule has 0 aliphatic heterocycles. The summed E-state index contributed by atoms with van der Waals surface area (Å²) < 4.78 is 16.6. The second-order valence-electron chi connectivity index (χ2n) is 5.28. The lowest BCUT2D eigenvalue weighted by atomic mass is 10.2. The highest BCUT2D eigenvalue weighted by atomic mass is 16.6. The van der Waals surface area contributed by atoms with E-state index in [1.807, 2.05) is 30.3 Å². The molecule has 6 nitrogen and oxygen atoms in total. The van der Waals surface area contributed by atoms with E-state index in [9.17, 15) is 10.1 Å². The lowest BCUT2D eigenvalue weighted by molar-refractivity contribution is -0.400. The Morgan fingerprint density at radius 3 is 2.56 bits per heavy atom. The number of benzene rings is 2. The molecule has 0 spiro atoms. The summed E-state index contributed by atoms with van der Waals surface area (Å²) in [6, 6.07) is 15.0. The quantitative estimate of drug-likeness (QED) is 0.371. The van der Waals surface area contributed by atoms with Gasteiger partial charge in [0.25, 0.3) is 0 Å². The second kappa shape index (κ2) is 10.1. The molecule has 0 saturated carbocycles. The lowest BCUT2D eigenvalue weighted by Gasteiger charge is -2.13. The van der Waals surface area contributed by atoms with Crippen LogP contribution in [0.15, 0.2) is 54.7 Å². The smallest absolute Gasteiger partial charge is 0.235 e. The Kier molecular flexibility index (Phi) is 7.46. The third-order valence-electron chi connectivity index (χ3n) is 3.34. The molecule has 0 unspecified atom stereocenters. The Labute approximate surface area is 146 Å². The van der Waals surface area contributed by atoms with E-state index >= 15 is 0 Å². The van der Waals surface area contributed by atoms with Gasteiger partial charge in [-0.25, -0.2) is 0 Å². The molecule has 2 aromatic rings. The number of hydrogen-bond acceptors (Lipinski definition) is 5. The van der Waals surface area contributed by atoms with E-state index in [1.165, 1.54) is 6.08 Å². The molecule has 0 atom stereocenters. The van der Waals surface area contributed by atoms with Crippen molar-refractivity contribution in [1.29, 1.82) is 0 Å². The fourth-order valence-electron chi connectivity index (χ4n) is 2.13. The first-order valence-electron chi connectivity index (χ1n) is 7.93. The number of nitrogens with zero attached hydrogens (tertiary/aromatic N) is 1. The first-order chi connectivity index (χ1) is 12.2. The van der Waals surface area contributed by atoms with Gasteiger partial charge < -0.3 is 14.2 Å². The Morgan fingerprint density at radius 1 is 1.04 bits per heavy atom. The van der Waals surface area contributed by atoms with Crippen LogP contribution >= 0.6 is 0 Å². The summed E-state index contributed by atoms with van der Waals surface area (Å²) in [5.74, 6) is 1.15. The molecule has 0 aromatic heterocycles. The van der Waals surface area contributed by atoms with Crippen LogP contribution in [0.4, 0.5) is 0 Å². The largest absolute Gasteiger partial charge is 0.490 e. The molecule has 6 heteroatoms. The molecule has 25 heavy (non-hydrogen) atoms. The van der Waals surface area contributed by atoms with Crippen molar-refractivity contribution in [3.05, 3.63) is 76.0 Å². The standard InChI is InChI=1S/C19H21NO5/c1-23-12-5-13-24-18-9-8-16(10-11-20(21)22)14-19(18)25-15-17-6-3-2-4-7-17/h2-4,6-11,14H,5,12-13,15H2,1H3/b11-10+. The summed E-state index contributed by atoms with van der Waals surface area (Å²) in [5, 5.41) is 10.5. The molecule has 2 aromatic carbocycles. The second-order valence-corrected chi connectivity index (χ2v) is 5.28. The third-order valence-corrected chi connectivity index (χ3v) is 3.34. The Hall–Kier alpha value is -2.86. The van der Waals surface area contributed by atoms with Crippen LogP contribution in [0.3, 0.4) is 0 Å². The van der Waals surface area contributed by atoms with Gasteiger partial charge in [-0.2, -0.15) is 0 Å². The van der Waals surface area contributed by atoms with Gasteiger partial charge in [0.05, 0.1) is 11.5 Å². The number of rotatable bonds is 10. The average Bonchev–Trinajstić information content (AvgIpc) is 2.63. The fourth-order valence-corrected chi connectivity index (χ4v) is 2.13. The van der Waals surface area contributed by atoms with Crippen molar-refractivity contribution in [2.45, 2.75) is 13.0 Å². The highest BCUT2D eigenvalue weighted by Gasteiger charge is 2.07. The number of ether oxygens (including phenoxy) is 3. The topological polar surface area (TPSA) is 70.8 Å². The third kappa shape index (κ3) is 6.64. The van der Waals surface area contributed by atoms with Crippen LogP contribution in [0.5, 0.6) is 11.5 Å². The number of methoxy groups -OCH3 is 1. The Morgan fingerprint density at radius 2 is 1.84 bits per heavy atom. The summed E-state index contributed by atoms with van der Waals surface area (Å²) >= 11 is 0. The minimum absolute atomic E-state index is 0.387. The number of hydrogen-bond donors (Lipinski definition) is 0. The van der Waals surface area contributed by atoms with E-state index in [-0.39, 0.29) is 0 Å². The SMILES string of the molecule is COCCCOc1ccc(/C=C/[N+](=O)[O-])cc1OCc1ccccc1. The van der Waals surface area contributed by atoms with Crippen molar-refractivity contribution in [2.24, 2.45) is 0 Å². The molecule has 132 valence electrons. The molecular weight excluding hydrogens is 322 g/mol. The predicted molar refractivity (Wildman–Crippen MR) is 95.2 cm³/mol. The normalized spacial score (nSPS) is 10.8. The first-order valence-corrected chi connectivity index (χ1v) is 7.93. The maximum Gasteiger partial charge on any atom is 0.235 e. The molecule has 0 radical (unpaired) electrons. The van der Waals surface area contributed by atoms with Gasteiger partial charge >= 0.3 is 0 Å². The van der Waals surface area contributed by atoms with Crippen LogP contribution < -0.4 is 9.47 Å². The summed E-state index contributed by atoms with van der Waals surface area (Å²) in [7, 11) is 1.64. The van der Waals surface area contributed by atoms with Crippen LogP contribution in [0.2, 0.25) is 0 Å². The summed E-state index contributed by atoms with van der Waals surface area (Å²) in [4.78, 5) is 9.99. The minimum Gasteiger partial charge on any atom is -0.490 e. The first kappa shape index (κ1) is 18.5. The van der Waals surface area contributed by atoms with E-state index in [0.29, 0.717) is 36.9 Å². The van der Waals surface area contributed by atoms with Gasteiger partial charge in [-0.15, -0.1) is 0 Å². The molecular formula is C19H21NO5. The predicted octanol–water partition coefficient (Wildman–Crippen LogP) is 3.93. The lowest BCUT2D eigenvalue weighted by Crippen LogP contribution is -2.04. The van der Waals surface area contributed by atoms with Crippen molar-refractivity contribution in [1.82, 2.24) is 0 Å². The van der Waals surface area contributed by atoms with Gasteiger partial charge in [0.1, 0.15) is 6.61 Å². The van der Waals surface area contributed by atoms with Gasteiger partial charge in [0.15, 0.2) is 11.5 Å². The van der Waals surface area contributed by atoms with Crippen LogP contribution in [0.25, 0.3) is 6.08 Å². The van der Waals surface area contributed by atoms with Gasteiger partial charge in [0, 0.05) is 26.2 Å². The zero-order valence-electron chi connectivity index (χ0n) is 14.1. The molecule has 0 aliphatic rings. The molecule has 0 heterocycles. The minimum atomic E-state index is -0.500. The Bertz CT molecular complexity index is 700. The highest BCUT2D eigenvalue weighted by Crippen LogP contribution is 2.30. The average molecular weight is 343 g/mol. The van der Waals surface area contributed by atoms with Crippen molar-refractivity contribution in [3.63, 3.8) is 0 Å². The van der Waals surface area contributed by atoms with E-state index < -0.39 is 4.92 Å². The fraction of sp³-hybridized carbons (Fsp3) is 0.263. The van der Waals surface area contributed by atoms with Gasteiger partial charge in [-0.05, 0) is 23.3 Å².